The van der Waals surface area contributed by atoms with E-state index in [1.807, 2.05) is 12.1 Å². The van der Waals surface area contributed by atoms with Gasteiger partial charge in [0.25, 0.3) is 0 Å². The molecule has 2 heterocycles. The van der Waals surface area contributed by atoms with Crippen LogP contribution in [0.15, 0.2) is 52.0 Å². The Bertz CT molecular complexity index is 840. The first-order valence-electron chi connectivity index (χ1n) is 7.52. The fraction of sp³-hybridized carbons (Fsp3) is 0.294. The number of methoxy groups -OCH3 is 2. The minimum atomic E-state index is -3.72. The smallest absolute Gasteiger partial charge is 0.247 e. The molecule has 1 aliphatic rings. The molecular formula is C17H19NO5S. The lowest BCUT2D eigenvalue weighted by Gasteiger charge is -2.27. The third-order valence-electron chi connectivity index (χ3n) is 3.94. The van der Waals surface area contributed by atoms with E-state index in [0.29, 0.717) is 24.5 Å². The van der Waals surface area contributed by atoms with Gasteiger partial charge in [-0.1, -0.05) is 12.1 Å². The Labute approximate surface area is 141 Å². The van der Waals surface area contributed by atoms with Crippen molar-refractivity contribution in [3.8, 4) is 11.5 Å². The Hall–Kier alpha value is -2.25. The molecule has 0 spiro atoms. The lowest BCUT2D eigenvalue weighted by Crippen LogP contribution is -2.35. The summed E-state index contributed by atoms with van der Waals surface area (Å²) in [6, 6.07) is 8.45. The molecular weight excluding hydrogens is 330 g/mol. The Morgan fingerprint density at radius 1 is 1.12 bits per heavy atom. The van der Waals surface area contributed by atoms with Gasteiger partial charge in [0.1, 0.15) is 10.7 Å². The van der Waals surface area contributed by atoms with Crippen molar-refractivity contribution in [1.29, 1.82) is 0 Å². The molecule has 0 saturated carbocycles. The fourth-order valence-electron chi connectivity index (χ4n) is 2.76. The van der Waals surface area contributed by atoms with Crippen LogP contribution in [0, 0.1) is 0 Å². The molecule has 1 aromatic carbocycles. The maximum absolute atomic E-state index is 13.1. The van der Waals surface area contributed by atoms with Crippen LogP contribution in [-0.4, -0.2) is 40.0 Å². The number of furan rings is 1. The van der Waals surface area contributed by atoms with Crippen molar-refractivity contribution >= 4 is 15.6 Å². The van der Waals surface area contributed by atoms with Crippen LogP contribution in [0.2, 0.25) is 0 Å². The molecule has 0 aliphatic carbocycles. The number of benzene rings is 1. The van der Waals surface area contributed by atoms with Gasteiger partial charge in [-0.05, 0) is 30.7 Å². The molecule has 0 atom stereocenters. The zero-order valence-corrected chi connectivity index (χ0v) is 14.4. The number of hydrogen-bond acceptors (Lipinski definition) is 5. The zero-order valence-electron chi connectivity index (χ0n) is 13.6. The molecule has 0 unspecified atom stereocenters. The van der Waals surface area contributed by atoms with Gasteiger partial charge in [-0.2, -0.15) is 4.31 Å². The second-order valence-electron chi connectivity index (χ2n) is 5.33. The number of nitrogens with zero attached hydrogens (tertiary/aromatic N) is 1. The Kier molecular flexibility index (Phi) is 4.64. The van der Waals surface area contributed by atoms with Crippen molar-refractivity contribution in [1.82, 2.24) is 4.31 Å². The van der Waals surface area contributed by atoms with Crippen molar-refractivity contribution in [2.24, 2.45) is 0 Å². The standard InChI is InChI=1S/C17H19NO5S/c1-21-15-7-3-9-16(17(15)22-2)24(19,20)18-10-4-6-13(12-18)14-8-5-11-23-14/h3,5-9,11H,4,10,12H2,1-2H3. The molecule has 0 saturated heterocycles. The van der Waals surface area contributed by atoms with Gasteiger partial charge in [-0.15, -0.1) is 0 Å². The van der Waals surface area contributed by atoms with E-state index < -0.39 is 10.0 Å². The number of sulfonamides is 1. The maximum atomic E-state index is 13.1. The highest BCUT2D eigenvalue weighted by molar-refractivity contribution is 7.89. The summed E-state index contributed by atoms with van der Waals surface area (Å²) in [6.07, 6.45) is 4.21. The Morgan fingerprint density at radius 3 is 2.62 bits per heavy atom. The molecule has 2 aromatic rings. The van der Waals surface area contributed by atoms with Crippen molar-refractivity contribution in [3.05, 3.63) is 48.4 Å². The van der Waals surface area contributed by atoms with E-state index in [2.05, 4.69) is 0 Å². The Balaban J connectivity index is 1.96. The minimum Gasteiger partial charge on any atom is -0.493 e. The SMILES string of the molecule is COc1cccc(S(=O)(=O)N2CCC=C(c3ccco3)C2)c1OC. The van der Waals surface area contributed by atoms with Crippen LogP contribution in [0.1, 0.15) is 12.2 Å². The first-order valence-corrected chi connectivity index (χ1v) is 8.96. The molecule has 0 N–H and O–H groups in total. The summed E-state index contributed by atoms with van der Waals surface area (Å²) in [4.78, 5) is 0.102. The molecule has 7 heteroatoms. The predicted octanol–water partition coefficient (Wildman–Crippen LogP) is 2.77. The predicted molar refractivity (Wildman–Crippen MR) is 89.6 cm³/mol. The van der Waals surface area contributed by atoms with E-state index in [4.69, 9.17) is 13.9 Å². The van der Waals surface area contributed by atoms with E-state index >= 15 is 0 Å². The number of rotatable bonds is 5. The summed E-state index contributed by atoms with van der Waals surface area (Å²) in [5, 5.41) is 0. The monoisotopic (exact) mass is 349 g/mol. The van der Waals surface area contributed by atoms with Gasteiger partial charge in [-0.3, -0.25) is 0 Å². The average Bonchev–Trinajstić information content (AvgIpc) is 3.15. The molecule has 0 fully saturated rings. The molecule has 0 amide bonds. The van der Waals surface area contributed by atoms with Gasteiger partial charge in [0.2, 0.25) is 10.0 Å². The van der Waals surface area contributed by atoms with Crippen LogP contribution in [0.4, 0.5) is 0 Å². The zero-order chi connectivity index (χ0) is 17.2. The van der Waals surface area contributed by atoms with E-state index in [-0.39, 0.29) is 17.2 Å². The summed E-state index contributed by atoms with van der Waals surface area (Å²) in [5.41, 5.74) is 0.858. The minimum absolute atomic E-state index is 0.102. The summed E-state index contributed by atoms with van der Waals surface area (Å²) in [6.45, 7) is 0.670. The number of ether oxygens (including phenoxy) is 2. The largest absolute Gasteiger partial charge is 0.493 e. The molecule has 128 valence electrons. The maximum Gasteiger partial charge on any atom is 0.247 e. The van der Waals surface area contributed by atoms with Gasteiger partial charge in [0.15, 0.2) is 11.5 Å². The topological polar surface area (TPSA) is 69.0 Å². The van der Waals surface area contributed by atoms with E-state index in [0.717, 1.165) is 5.57 Å². The summed E-state index contributed by atoms with van der Waals surface area (Å²) in [7, 11) is -0.805. The first kappa shape index (κ1) is 16.6. The third-order valence-corrected chi connectivity index (χ3v) is 5.81. The van der Waals surface area contributed by atoms with E-state index in [1.54, 1.807) is 24.5 Å². The Morgan fingerprint density at radius 2 is 1.96 bits per heavy atom. The lowest BCUT2D eigenvalue weighted by atomic mass is 10.1. The molecule has 0 bridgehead atoms. The second-order valence-corrected chi connectivity index (χ2v) is 7.23. The quantitative estimate of drug-likeness (QED) is 0.830. The van der Waals surface area contributed by atoms with Crippen molar-refractivity contribution in [2.75, 3.05) is 27.3 Å². The van der Waals surface area contributed by atoms with Crippen LogP contribution in [0.25, 0.3) is 5.57 Å². The summed E-state index contributed by atoms with van der Waals surface area (Å²) in [5.74, 6) is 1.29. The third kappa shape index (κ3) is 2.92. The van der Waals surface area contributed by atoms with Gasteiger partial charge in [0.05, 0.1) is 20.5 Å². The van der Waals surface area contributed by atoms with Crippen molar-refractivity contribution in [2.45, 2.75) is 11.3 Å². The molecule has 24 heavy (non-hydrogen) atoms. The number of para-hydroxylation sites is 1. The van der Waals surface area contributed by atoms with Crippen LogP contribution >= 0.6 is 0 Å². The molecule has 6 nitrogen and oxygen atoms in total. The number of hydrogen-bond donors (Lipinski definition) is 0. The van der Waals surface area contributed by atoms with Gasteiger partial charge >= 0.3 is 0 Å². The van der Waals surface area contributed by atoms with Crippen molar-refractivity contribution < 1.29 is 22.3 Å². The van der Waals surface area contributed by atoms with Crippen LogP contribution < -0.4 is 9.47 Å². The van der Waals surface area contributed by atoms with Gasteiger partial charge in [0, 0.05) is 18.7 Å². The van der Waals surface area contributed by atoms with Gasteiger partial charge < -0.3 is 13.9 Å². The normalized spacial score (nSPS) is 15.8. The fourth-order valence-corrected chi connectivity index (χ4v) is 4.36. The molecule has 1 aromatic heterocycles. The molecule has 0 radical (unpaired) electrons. The van der Waals surface area contributed by atoms with Crippen molar-refractivity contribution in [3.63, 3.8) is 0 Å². The highest BCUT2D eigenvalue weighted by Gasteiger charge is 2.31. The summed E-state index contributed by atoms with van der Waals surface area (Å²) >= 11 is 0. The van der Waals surface area contributed by atoms with Crippen LogP contribution in [-0.2, 0) is 10.0 Å². The second kappa shape index (κ2) is 6.70. The molecule has 1 aliphatic heterocycles. The van der Waals surface area contributed by atoms with Crippen LogP contribution in [0.5, 0.6) is 11.5 Å². The first-order chi connectivity index (χ1) is 11.6. The highest BCUT2D eigenvalue weighted by atomic mass is 32.2. The van der Waals surface area contributed by atoms with Gasteiger partial charge in [-0.25, -0.2) is 8.42 Å². The summed E-state index contributed by atoms with van der Waals surface area (Å²) < 4.78 is 43.5. The highest BCUT2D eigenvalue weighted by Crippen LogP contribution is 2.36. The average molecular weight is 349 g/mol. The van der Waals surface area contributed by atoms with Crippen LogP contribution in [0.3, 0.4) is 0 Å². The van der Waals surface area contributed by atoms with E-state index in [1.165, 1.54) is 24.6 Å². The molecule has 3 rings (SSSR count). The lowest BCUT2D eigenvalue weighted by molar-refractivity contribution is 0.344. The van der Waals surface area contributed by atoms with E-state index in [9.17, 15) is 8.42 Å².